The van der Waals surface area contributed by atoms with Gasteiger partial charge < -0.3 is 15.1 Å². The molecule has 0 bridgehead atoms. The molecular weight excluding hydrogens is 247 g/mol. The Morgan fingerprint density at radius 2 is 2.11 bits per heavy atom. The van der Waals surface area contributed by atoms with Crippen LogP contribution in [0.5, 0.6) is 0 Å². The average molecular weight is 262 g/mol. The fourth-order valence-corrected chi connectivity index (χ4v) is 1.76. The predicted octanol–water partition coefficient (Wildman–Crippen LogP) is 2.58. The SMILES string of the molecule is Cc1ccc(CN(C)C(=O)c2ccc(N)c(F)c2)o1. The van der Waals surface area contributed by atoms with Crippen molar-refractivity contribution < 1.29 is 13.6 Å². The molecule has 1 aromatic carbocycles. The topological polar surface area (TPSA) is 59.5 Å². The van der Waals surface area contributed by atoms with E-state index in [9.17, 15) is 9.18 Å². The van der Waals surface area contributed by atoms with Crippen LogP contribution in [0.1, 0.15) is 21.9 Å². The highest BCUT2D eigenvalue weighted by Gasteiger charge is 2.14. The first-order valence-electron chi connectivity index (χ1n) is 5.83. The zero-order chi connectivity index (χ0) is 14.0. The zero-order valence-corrected chi connectivity index (χ0v) is 10.8. The Morgan fingerprint density at radius 1 is 1.37 bits per heavy atom. The van der Waals surface area contributed by atoms with Gasteiger partial charge >= 0.3 is 0 Å². The van der Waals surface area contributed by atoms with Crippen LogP contribution in [-0.4, -0.2) is 17.9 Å². The maximum atomic E-state index is 13.3. The third-order valence-corrected chi connectivity index (χ3v) is 2.78. The fourth-order valence-electron chi connectivity index (χ4n) is 1.76. The molecule has 4 nitrogen and oxygen atoms in total. The maximum absolute atomic E-state index is 13.3. The number of nitrogens with zero attached hydrogens (tertiary/aromatic N) is 1. The van der Waals surface area contributed by atoms with Crippen LogP contribution >= 0.6 is 0 Å². The number of nitrogen functional groups attached to an aromatic ring is 1. The number of carbonyl (C=O) groups is 1. The summed E-state index contributed by atoms with van der Waals surface area (Å²) in [5, 5.41) is 0. The van der Waals surface area contributed by atoms with Gasteiger partial charge in [0.15, 0.2) is 0 Å². The lowest BCUT2D eigenvalue weighted by Gasteiger charge is -2.16. The number of halogens is 1. The van der Waals surface area contributed by atoms with E-state index in [1.165, 1.54) is 17.0 Å². The molecule has 0 aliphatic carbocycles. The molecule has 100 valence electrons. The molecule has 0 aliphatic rings. The fraction of sp³-hybridized carbons (Fsp3) is 0.214. The number of hydrogen-bond acceptors (Lipinski definition) is 3. The molecule has 0 fully saturated rings. The highest BCUT2D eigenvalue weighted by atomic mass is 19.1. The first kappa shape index (κ1) is 13.1. The number of benzene rings is 1. The molecule has 19 heavy (non-hydrogen) atoms. The van der Waals surface area contributed by atoms with Crippen molar-refractivity contribution in [3.05, 3.63) is 53.2 Å². The molecule has 1 amide bonds. The molecule has 0 spiro atoms. The minimum Gasteiger partial charge on any atom is -0.464 e. The van der Waals surface area contributed by atoms with E-state index in [0.717, 1.165) is 11.8 Å². The van der Waals surface area contributed by atoms with E-state index in [0.29, 0.717) is 12.3 Å². The summed E-state index contributed by atoms with van der Waals surface area (Å²) >= 11 is 0. The number of carbonyl (C=O) groups excluding carboxylic acids is 1. The smallest absolute Gasteiger partial charge is 0.254 e. The molecule has 1 heterocycles. The normalized spacial score (nSPS) is 10.5. The molecule has 2 rings (SSSR count). The number of hydrogen-bond donors (Lipinski definition) is 1. The van der Waals surface area contributed by atoms with Crippen molar-refractivity contribution in [1.82, 2.24) is 4.90 Å². The van der Waals surface area contributed by atoms with Gasteiger partial charge in [0.25, 0.3) is 5.91 Å². The quantitative estimate of drug-likeness (QED) is 0.865. The van der Waals surface area contributed by atoms with Gasteiger partial charge in [-0.3, -0.25) is 4.79 Å². The predicted molar refractivity (Wildman–Crippen MR) is 70.1 cm³/mol. The number of furan rings is 1. The molecule has 2 N–H and O–H groups in total. The Bertz CT molecular complexity index is 607. The van der Waals surface area contributed by atoms with Gasteiger partial charge in [0.2, 0.25) is 0 Å². The van der Waals surface area contributed by atoms with E-state index in [2.05, 4.69) is 0 Å². The van der Waals surface area contributed by atoms with Gasteiger partial charge in [-0.15, -0.1) is 0 Å². The van der Waals surface area contributed by atoms with E-state index >= 15 is 0 Å². The lowest BCUT2D eigenvalue weighted by atomic mass is 10.1. The monoisotopic (exact) mass is 262 g/mol. The molecule has 0 saturated carbocycles. The molecule has 0 atom stereocenters. The van der Waals surface area contributed by atoms with Gasteiger partial charge in [0.1, 0.15) is 17.3 Å². The summed E-state index contributed by atoms with van der Waals surface area (Å²) in [5.41, 5.74) is 5.67. The van der Waals surface area contributed by atoms with Crippen molar-refractivity contribution in [3.63, 3.8) is 0 Å². The summed E-state index contributed by atoms with van der Waals surface area (Å²) in [7, 11) is 1.63. The molecule has 0 aliphatic heterocycles. The number of aryl methyl sites for hydroxylation is 1. The number of amides is 1. The molecule has 1 aromatic heterocycles. The summed E-state index contributed by atoms with van der Waals surface area (Å²) in [6, 6.07) is 7.67. The van der Waals surface area contributed by atoms with Crippen molar-refractivity contribution in [2.75, 3.05) is 12.8 Å². The van der Waals surface area contributed by atoms with Crippen LogP contribution in [0.15, 0.2) is 34.7 Å². The van der Waals surface area contributed by atoms with Crippen LogP contribution in [0.4, 0.5) is 10.1 Å². The van der Waals surface area contributed by atoms with Crippen LogP contribution in [0, 0.1) is 12.7 Å². The van der Waals surface area contributed by atoms with E-state index in [4.69, 9.17) is 10.2 Å². The van der Waals surface area contributed by atoms with Crippen molar-refractivity contribution in [3.8, 4) is 0 Å². The van der Waals surface area contributed by atoms with E-state index in [1.54, 1.807) is 7.05 Å². The summed E-state index contributed by atoms with van der Waals surface area (Å²) in [4.78, 5) is 13.6. The Balaban J connectivity index is 2.12. The third kappa shape index (κ3) is 2.93. The number of anilines is 1. The third-order valence-electron chi connectivity index (χ3n) is 2.78. The Labute approximate surface area is 110 Å². The van der Waals surface area contributed by atoms with E-state index in [1.807, 2.05) is 19.1 Å². The minimum absolute atomic E-state index is 0.0286. The second kappa shape index (κ2) is 5.14. The van der Waals surface area contributed by atoms with Crippen LogP contribution < -0.4 is 5.73 Å². The lowest BCUT2D eigenvalue weighted by Crippen LogP contribution is -2.26. The van der Waals surface area contributed by atoms with Crippen molar-refractivity contribution >= 4 is 11.6 Å². The molecule has 0 radical (unpaired) electrons. The summed E-state index contributed by atoms with van der Waals surface area (Å²) < 4.78 is 18.7. The maximum Gasteiger partial charge on any atom is 0.254 e. The van der Waals surface area contributed by atoms with Crippen LogP contribution in [0.2, 0.25) is 0 Å². The number of rotatable bonds is 3. The minimum atomic E-state index is -0.590. The molecule has 2 aromatic rings. The second-order valence-corrected chi connectivity index (χ2v) is 4.41. The highest BCUT2D eigenvalue weighted by molar-refractivity contribution is 5.94. The average Bonchev–Trinajstić information content (AvgIpc) is 2.77. The lowest BCUT2D eigenvalue weighted by molar-refractivity contribution is 0.0774. The van der Waals surface area contributed by atoms with Crippen molar-refractivity contribution in [2.45, 2.75) is 13.5 Å². The molecular formula is C14H15FN2O2. The van der Waals surface area contributed by atoms with E-state index < -0.39 is 5.82 Å². The summed E-state index contributed by atoms with van der Waals surface area (Å²) in [6.45, 7) is 2.17. The largest absolute Gasteiger partial charge is 0.464 e. The van der Waals surface area contributed by atoms with Gasteiger partial charge in [-0.1, -0.05) is 0 Å². The van der Waals surface area contributed by atoms with Gasteiger partial charge in [0.05, 0.1) is 12.2 Å². The van der Waals surface area contributed by atoms with E-state index in [-0.39, 0.29) is 17.2 Å². The van der Waals surface area contributed by atoms with Crippen LogP contribution in [0.25, 0.3) is 0 Å². The van der Waals surface area contributed by atoms with Crippen molar-refractivity contribution in [1.29, 1.82) is 0 Å². The first-order valence-corrected chi connectivity index (χ1v) is 5.83. The summed E-state index contributed by atoms with van der Waals surface area (Å²) in [5.74, 6) is 0.597. The number of nitrogens with two attached hydrogens (primary N) is 1. The summed E-state index contributed by atoms with van der Waals surface area (Å²) in [6.07, 6.45) is 0. The molecule has 0 unspecified atom stereocenters. The zero-order valence-electron chi connectivity index (χ0n) is 10.8. The first-order chi connectivity index (χ1) is 8.97. The van der Waals surface area contributed by atoms with Gasteiger partial charge in [-0.2, -0.15) is 0 Å². The Hall–Kier alpha value is -2.30. The van der Waals surface area contributed by atoms with Crippen LogP contribution in [0.3, 0.4) is 0 Å². The highest BCUT2D eigenvalue weighted by Crippen LogP contribution is 2.15. The molecule has 5 heteroatoms. The van der Waals surface area contributed by atoms with Crippen LogP contribution in [-0.2, 0) is 6.54 Å². The van der Waals surface area contributed by atoms with Gasteiger partial charge in [0, 0.05) is 12.6 Å². The van der Waals surface area contributed by atoms with Gasteiger partial charge in [-0.05, 0) is 37.3 Å². The standard InChI is InChI=1S/C14H15FN2O2/c1-9-3-5-11(19-9)8-17(2)14(18)10-4-6-13(16)12(15)7-10/h3-7H,8,16H2,1-2H3. The van der Waals surface area contributed by atoms with Gasteiger partial charge in [-0.25, -0.2) is 4.39 Å². The van der Waals surface area contributed by atoms with Crippen molar-refractivity contribution in [2.24, 2.45) is 0 Å². The Morgan fingerprint density at radius 3 is 2.68 bits per heavy atom. The Kier molecular flexibility index (Phi) is 3.55. The second-order valence-electron chi connectivity index (χ2n) is 4.41. The molecule has 0 saturated heterocycles.